The van der Waals surface area contributed by atoms with Gasteiger partial charge in [-0.25, -0.2) is 0 Å². The molecule has 3 aromatic carbocycles. The summed E-state index contributed by atoms with van der Waals surface area (Å²) < 4.78 is 0. The van der Waals surface area contributed by atoms with Crippen LogP contribution in [0.25, 0.3) is 10.8 Å². The predicted molar refractivity (Wildman–Crippen MR) is 113 cm³/mol. The highest BCUT2D eigenvalue weighted by Gasteiger charge is 2.29. The zero-order valence-corrected chi connectivity index (χ0v) is 16.1. The highest BCUT2D eigenvalue weighted by atomic mass is 16.3. The van der Waals surface area contributed by atoms with Gasteiger partial charge in [0.2, 0.25) is 0 Å². The molecule has 3 N–H and O–H groups in total. The van der Waals surface area contributed by atoms with Crippen LogP contribution in [0.15, 0.2) is 66.7 Å². The molecule has 0 radical (unpaired) electrons. The van der Waals surface area contributed by atoms with Crippen LogP contribution in [0.5, 0.6) is 5.75 Å². The van der Waals surface area contributed by atoms with Gasteiger partial charge in [-0.15, -0.1) is 0 Å². The van der Waals surface area contributed by atoms with Gasteiger partial charge in [0, 0.05) is 16.8 Å². The van der Waals surface area contributed by atoms with Crippen molar-refractivity contribution < 1.29 is 14.8 Å². The lowest BCUT2D eigenvalue weighted by atomic mass is 10.1. The molecule has 1 aliphatic rings. The number of benzene rings is 3. The molecule has 0 spiro atoms. The summed E-state index contributed by atoms with van der Waals surface area (Å²) in [6.45, 7) is 5.61. The molecule has 1 amide bonds. The van der Waals surface area contributed by atoms with E-state index < -0.39 is 0 Å². The maximum atomic E-state index is 12.9. The Bertz CT molecular complexity index is 958. The Kier molecular flexibility index (Phi) is 5.17. The third-order valence-corrected chi connectivity index (χ3v) is 5.67. The normalized spacial score (nSPS) is 16.1. The minimum Gasteiger partial charge on any atom is -0.508 e. The van der Waals surface area contributed by atoms with Crippen molar-refractivity contribution in [2.24, 2.45) is 0 Å². The van der Waals surface area contributed by atoms with E-state index in [2.05, 4.69) is 22.3 Å². The predicted octanol–water partition coefficient (Wildman–Crippen LogP) is 2.28. The third-order valence-electron chi connectivity index (χ3n) is 5.67. The minimum atomic E-state index is -0.110. The first kappa shape index (κ1) is 18.3. The van der Waals surface area contributed by atoms with Gasteiger partial charge >= 0.3 is 0 Å². The van der Waals surface area contributed by atoms with Crippen molar-refractivity contribution in [3.05, 3.63) is 66.7 Å². The number of amides is 1. The summed E-state index contributed by atoms with van der Waals surface area (Å²) in [5.41, 5.74) is 1.99. The number of fused-ring (bicyclic) bond motifs is 1. The molecule has 0 aliphatic carbocycles. The minimum absolute atomic E-state index is 0.0597. The van der Waals surface area contributed by atoms with Gasteiger partial charge in [0.25, 0.3) is 5.91 Å². The molecule has 5 heteroatoms. The van der Waals surface area contributed by atoms with Crippen LogP contribution in [0.3, 0.4) is 0 Å². The Morgan fingerprint density at radius 3 is 2.43 bits per heavy atom. The molecule has 0 aromatic heterocycles. The second-order valence-corrected chi connectivity index (χ2v) is 7.40. The Hall–Kier alpha value is -3.05. The number of aromatic hydroxyl groups is 1. The number of hydrogen-bond acceptors (Lipinski definition) is 3. The number of piperazine rings is 1. The summed E-state index contributed by atoms with van der Waals surface area (Å²) in [4.78, 5) is 16.5. The van der Waals surface area contributed by atoms with E-state index in [4.69, 9.17) is 0 Å². The van der Waals surface area contributed by atoms with Crippen molar-refractivity contribution >= 4 is 28.1 Å². The summed E-state index contributed by atoms with van der Waals surface area (Å²) >= 11 is 0. The van der Waals surface area contributed by atoms with Crippen molar-refractivity contribution in [2.45, 2.75) is 13.0 Å². The van der Waals surface area contributed by atoms with E-state index in [1.54, 1.807) is 12.1 Å². The van der Waals surface area contributed by atoms with Gasteiger partial charge in [-0.1, -0.05) is 36.4 Å². The van der Waals surface area contributed by atoms with E-state index in [9.17, 15) is 9.90 Å². The van der Waals surface area contributed by atoms with Gasteiger partial charge in [-0.05, 0) is 42.6 Å². The number of hydrogen-bond donors (Lipinski definition) is 3. The summed E-state index contributed by atoms with van der Waals surface area (Å²) in [7, 11) is 0. The first-order valence-electron chi connectivity index (χ1n) is 9.79. The summed E-state index contributed by atoms with van der Waals surface area (Å²) in [6.07, 6.45) is 0. The van der Waals surface area contributed by atoms with Crippen LogP contribution in [0, 0.1) is 0 Å². The number of anilines is 2. The average molecular weight is 376 g/mol. The van der Waals surface area contributed by atoms with Crippen LogP contribution >= 0.6 is 0 Å². The number of quaternary nitrogens is 1. The van der Waals surface area contributed by atoms with E-state index in [0.717, 1.165) is 48.3 Å². The molecule has 1 aliphatic heterocycles. The maximum Gasteiger partial charge on any atom is 0.282 e. The van der Waals surface area contributed by atoms with Gasteiger partial charge in [-0.3, -0.25) is 4.79 Å². The van der Waals surface area contributed by atoms with Gasteiger partial charge in [0.15, 0.2) is 6.04 Å². The standard InChI is InChI=1S/C23H25N3O2/c1-17(23(28)24-22-8-4-6-18-5-2-3-7-21(18)22)25-13-15-26(16-14-25)19-9-11-20(27)12-10-19/h2-12,17,27H,13-16H2,1H3,(H,24,28)/p+1/t17-/m1/s1. The molecular formula is C23H26N3O2+. The largest absolute Gasteiger partial charge is 0.508 e. The van der Waals surface area contributed by atoms with Crippen LogP contribution in [-0.4, -0.2) is 43.2 Å². The fourth-order valence-corrected chi connectivity index (χ4v) is 3.91. The molecule has 28 heavy (non-hydrogen) atoms. The quantitative estimate of drug-likeness (QED) is 0.655. The second kappa shape index (κ2) is 7.90. The van der Waals surface area contributed by atoms with Crippen molar-refractivity contribution in [3.63, 3.8) is 0 Å². The molecule has 1 saturated heterocycles. The van der Waals surface area contributed by atoms with E-state index in [1.165, 1.54) is 4.90 Å². The number of rotatable bonds is 4. The first-order chi connectivity index (χ1) is 13.6. The van der Waals surface area contributed by atoms with Crippen molar-refractivity contribution in [2.75, 3.05) is 36.4 Å². The maximum absolute atomic E-state index is 12.9. The number of phenolic OH excluding ortho intramolecular Hbond substituents is 1. The number of phenols is 1. The van der Waals surface area contributed by atoms with Crippen molar-refractivity contribution in [1.82, 2.24) is 0 Å². The van der Waals surface area contributed by atoms with Gasteiger partial charge in [0.05, 0.1) is 26.2 Å². The number of nitrogens with one attached hydrogen (secondary N) is 2. The average Bonchev–Trinajstić information content (AvgIpc) is 2.74. The smallest absolute Gasteiger partial charge is 0.282 e. The summed E-state index contributed by atoms with van der Waals surface area (Å²) in [6, 6.07) is 21.3. The molecule has 1 heterocycles. The van der Waals surface area contributed by atoms with Crippen molar-refractivity contribution in [1.29, 1.82) is 0 Å². The number of nitrogens with zero attached hydrogens (tertiary/aromatic N) is 1. The van der Waals surface area contributed by atoms with Crippen LogP contribution in [0.2, 0.25) is 0 Å². The molecule has 1 fully saturated rings. The lowest BCUT2D eigenvalue weighted by Gasteiger charge is -2.36. The zero-order valence-electron chi connectivity index (χ0n) is 16.1. The molecule has 4 rings (SSSR count). The molecule has 5 nitrogen and oxygen atoms in total. The van der Waals surface area contributed by atoms with Crippen LogP contribution in [-0.2, 0) is 4.79 Å². The van der Waals surface area contributed by atoms with Gasteiger partial charge in [0.1, 0.15) is 5.75 Å². The van der Waals surface area contributed by atoms with Crippen LogP contribution in [0.4, 0.5) is 11.4 Å². The summed E-state index contributed by atoms with van der Waals surface area (Å²) in [5, 5.41) is 14.8. The SMILES string of the molecule is C[C@H](C(=O)Nc1cccc2ccccc12)[NH+]1CCN(c2ccc(O)cc2)CC1. The molecule has 0 unspecified atom stereocenters. The fourth-order valence-electron chi connectivity index (χ4n) is 3.91. The molecule has 0 saturated carbocycles. The fraction of sp³-hybridized carbons (Fsp3) is 0.261. The van der Waals surface area contributed by atoms with Crippen LogP contribution in [0.1, 0.15) is 6.92 Å². The third kappa shape index (κ3) is 3.80. The Labute approximate surface area is 165 Å². The van der Waals surface area contributed by atoms with E-state index in [-0.39, 0.29) is 17.7 Å². The van der Waals surface area contributed by atoms with E-state index in [0.29, 0.717) is 0 Å². The molecule has 0 bridgehead atoms. The lowest BCUT2D eigenvalue weighted by Crippen LogP contribution is -3.19. The highest BCUT2D eigenvalue weighted by molar-refractivity contribution is 6.03. The van der Waals surface area contributed by atoms with Gasteiger partial charge in [-0.2, -0.15) is 0 Å². The number of carbonyl (C=O) groups is 1. The van der Waals surface area contributed by atoms with E-state index in [1.807, 2.05) is 49.4 Å². The van der Waals surface area contributed by atoms with Gasteiger partial charge < -0.3 is 20.2 Å². The topological polar surface area (TPSA) is 57.0 Å². The van der Waals surface area contributed by atoms with Crippen LogP contribution < -0.4 is 15.1 Å². The Morgan fingerprint density at radius 2 is 1.68 bits per heavy atom. The monoisotopic (exact) mass is 376 g/mol. The van der Waals surface area contributed by atoms with Crippen molar-refractivity contribution in [3.8, 4) is 5.75 Å². The second-order valence-electron chi connectivity index (χ2n) is 7.40. The first-order valence-corrected chi connectivity index (χ1v) is 9.79. The van der Waals surface area contributed by atoms with E-state index >= 15 is 0 Å². The highest BCUT2D eigenvalue weighted by Crippen LogP contribution is 2.23. The Balaban J connectivity index is 1.39. The lowest BCUT2D eigenvalue weighted by molar-refractivity contribution is -0.914. The zero-order chi connectivity index (χ0) is 19.5. The number of carbonyl (C=O) groups excluding carboxylic acids is 1. The molecule has 1 atom stereocenters. The molecule has 144 valence electrons. The molecular weight excluding hydrogens is 350 g/mol. The summed E-state index contributed by atoms with van der Waals surface area (Å²) in [5.74, 6) is 0.344. The Morgan fingerprint density at radius 1 is 1.00 bits per heavy atom. The molecule has 3 aromatic rings.